The Bertz CT molecular complexity index is 1190. The topological polar surface area (TPSA) is 107 Å². The zero-order valence-corrected chi connectivity index (χ0v) is 16.6. The first-order chi connectivity index (χ1) is 15.0. The molecule has 0 unspecified atom stereocenters. The largest absolute Gasteiger partial charge is 0.550 e. The number of anilines is 1. The molecule has 1 N–H and O–H groups in total. The number of benzene rings is 2. The fourth-order valence-corrected chi connectivity index (χ4v) is 3.44. The first kappa shape index (κ1) is 20.2. The van der Waals surface area contributed by atoms with Crippen LogP contribution in [0.15, 0.2) is 71.0 Å². The lowest BCUT2D eigenvalue weighted by molar-refractivity contribution is -0.677. The lowest BCUT2D eigenvalue weighted by Gasteiger charge is -2.16. The molecule has 31 heavy (non-hydrogen) atoms. The SMILES string of the molecule is O=C([O-])CC[n+]1c(/C=C/C=C2\Oc3ccccc3N2CCC(=O)O)oc2ccccc21. The molecule has 0 aliphatic carbocycles. The van der Waals surface area contributed by atoms with Crippen LogP contribution in [-0.2, 0) is 16.1 Å². The number of rotatable bonds is 8. The summed E-state index contributed by atoms with van der Waals surface area (Å²) in [6.45, 7) is 0.477. The zero-order valence-electron chi connectivity index (χ0n) is 16.6. The lowest BCUT2D eigenvalue weighted by Crippen LogP contribution is -2.38. The smallest absolute Gasteiger partial charge is 0.374 e. The van der Waals surface area contributed by atoms with Crippen LogP contribution in [0.4, 0.5) is 5.69 Å². The number of allylic oxidation sites excluding steroid dienone is 2. The van der Waals surface area contributed by atoms with Gasteiger partial charge in [-0.3, -0.25) is 4.79 Å². The van der Waals surface area contributed by atoms with E-state index in [9.17, 15) is 14.7 Å². The number of oxazole rings is 1. The maximum absolute atomic E-state index is 11.0. The van der Waals surface area contributed by atoms with Crippen LogP contribution in [-0.4, -0.2) is 23.6 Å². The van der Waals surface area contributed by atoms with E-state index in [0.717, 1.165) is 11.2 Å². The second kappa shape index (κ2) is 8.74. The van der Waals surface area contributed by atoms with Crippen molar-refractivity contribution in [3.8, 4) is 5.75 Å². The molecule has 1 aromatic heterocycles. The minimum atomic E-state index is -1.14. The average Bonchev–Trinajstić information content (AvgIpc) is 3.28. The second-order valence-corrected chi connectivity index (χ2v) is 6.91. The highest BCUT2D eigenvalue weighted by atomic mass is 16.5. The summed E-state index contributed by atoms with van der Waals surface area (Å²) in [5.41, 5.74) is 2.22. The predicted molar refractivity (Wildman–Crippen MR) is 110 cm³/mol. The Kier molecular flexibility index (Phi) is 5.70. The van der Waals surface area contributed by atoms with Crippen molar-refractivity contribution in [1.82, 2.24) is 0 Å². The molecule has 158 valence electrons. The van der Waals surface area contributed by atoms with Crippen molar-refractivity contribution >= 4 is 34.8 Å². The molecular weight excluding hydrogens is 400 g/mol. The zero-order chi connectivity index (χ0) is 21.8. The Hall–Kier alpha value is -4.07. The summed E-state index contributed by atoms with van der Waals surface area (Å²) in [4.78, 5) is 23.8. The molecule has 1 aliphatic rings. The number of aromatic nitrogens is 1. The Labute approximate surface area is 177 Å². The molecule has 0 atom stereocenters. The molecule has 8 nitrogen and oxygen atoms in total. The first-order valence-electron chi connectivity index (χ1n) is 9.79. The van der Waals surface area contributed by atoms with Gasteiger partial charge in [0.2, 0.25) is 11.5 Å². The van der Waals surface area contributed by atoms with E-state index >= 15 is 0 Å². The van der Waals surface area contributed by atoms with E-state index in [1.54, 1.807) is 27.7 Å². The monoisotopic (exact) mass is 420 g/mol. The van der Waals surface area contributed by atoms with E-state index in [1.165, 1.54) is 0 Å². The van der Waals surface area contributed by atoms with Gasteiger partial charge >= 0.3 is 11.9 Å². The molecule has 2 aromatic carbocycles. The number of ether oxygens (including phenoxy) is 1. The standard InChI is InChI=1S/C23H20N2O6/c26-22(27)12-14-24-16-6-1-3-8-18(16)30-20(24)10-5-11-21-25(15-13-23(28)29)17-7-2-4-9-19(17)31-21/h1-11H,12-15H2,(H-,26,27,28,29). The number of carboxylic acids is 2. The van der Waals surface area contributed by atoms with E-state index in [4.69, 9.17) is 14.3 Å². The van der Waals surface area contributed by atoms with Crippen LogP contribution >= 0.6 is 0 Å². The van der Waals surface area contributed by atoms with Crippen LogP contribution in [0.25, 0.3) is 17.2 Å². The number of carbonyl (C=O) groups excluding carboxylic acids is 1. The lowest BCUT2D eigenvalue weighted by atomic mass is 10.2. The summed E-state index contributed by atoms with van der Waals surface area (Å²) in [6.07, 6.45) is 4.98. The summed E-state index contributed by atoms with van der Waals surface area (Å²) in [7, 11) is 0. The van der Waals surface area contributed by atoms with Crippen molar-refractivity contribution < 1.29 is 33.5 Å². The summed E-state index contributed by atoms with van der Waals surface area (Å²) < 4.78 is 13.5. The number of carbonyl (C=O) groups is 2. The second-order valence-electron chi connectivity index (χ2n) is 6.91. The molecule has 0 amide bonds. The van der Waals surface area contributed by atoms with E-state index in [0.29, 0.717) is 23.1 Å². The van der Waals surface area contributed by atoms with E-state index in [-0.39, 0.29) is 25.9 Å². The Balaban J connectivity index is 1.62. The Morgan fingerprint density at radius 2 is 1.87 bits per heavy atom. The van der Waals surface area contributed by atoms with Gasteiger partial charge in [-0.25, -0.2) is 0 Å². The summed E-state index contributed by atoms with van der Waals surface area (Å²) in [5.74, 6) is -0.403. The molecule has 3 aromatic rings. The fraction of sp³-hybridized carbons (Fsp3) is 0.174. The van der Waals surface area contributed by atoms with Gasteiger partial charge in [0.1, 0.15) is 0 Å². The van der Waals surface area contributed by atoms with Gasteiger partial charge < -0.3 is 29.1 Å². The third kappa shape index (κ3) is 4.42. The van der Waals surface area contributed by atoms with Gasteiger partial charge in [-0.1, -0.05) is 24.3 Å². The van der Waals surface area contributed by atoms with Crippen LogP contribution in [0.2, 0.25) is 0 Å². The molecule has 2 heterocycles. The highest BCUT2D eigenvalue weighted by Crippen LogP contribution is 2.38. The average molecular weight is 420 g/mol. The van der Waals surface area contributed by atoms with Crippen molar-refractivity contribution in [1.29, 1.82) is 0 Å². The molecule has 0 saturated heterocycles. The van der Waals surface area contributed by atoms with Gasteiger partial charge in [0, 0.05) is 25.0 Å². The molecule has 4 rings (SSSR count). The number of aryl methyl sites for hydroxylation is 1. The van der Waals surface area contributed by atoms with Gasteiger partial charge in [-0.15, -0.1) is 0 Å². The molecule has 0 radical (unpaired) electrons. The highest BCUT2D eigenvalue weighted by Gasteiger charge is 2.26. The molecule has 0 bridgehead atoms. The number of para-hydroxylation sites is 4. The maximum Gasteiger partial charge on any atom is 0.374 e. The van der Waals surface area contributed by atoms with E-state index < -0.39 is 11.9 Å². The van der Waals surface area contributed by atoms with Crippen LogP contribution in [0.5, 0.6) is 5.75 Å². The fourth-order valence-electron chi connectivity index (χ4n) is 3.44. The molecule has 0 saturated carbocycles. The third-order valence-electron chi connectivity index (χ3n) is 4.84. The summed E-state index contributed by atoms with van der Waals surface area (Å²) >= 11 is 0. The van der Waals surface area contributed by atoms with Crippen molar-refractivity contribution in [2.24, 2.45) is 0 Å². The number of hydrogen-bond donors (Lipinski definition) is 1. The molecule has 1 aliphatic heterocycles. The van der Waals surface area contributed by atoms with Gasteiger partial charge in [0.15, 0.2) is 12.3 Å². The van der Waals surface area contributed by atoms with Gasteiger partial charge in [-0.05, 0) is 30.4 Å². The van der Waals surface area contributed by atoms with Crippen molar-refractivity contribution in [2.45, 2.75) is 19.4 Å². The predicted octanol–water partition coefficient (Wildman–Crippen LogP) is 2.09. The number of hydrogen-bond acceptors (Lipinski definition) is 6. The minimum absolute atomic E-state index is 0.0362. The van der Waals surface area contributed by atoms with Gasteiger partial charge in [0.25, 0.3) is 5.52 Å². The minimum Gasteiger partial charge on any atom is -0.550 e. The van der Waals surface area contributed by atoms with Crippen molar-refractivity contribution in [3.05, 3.63) is 72.5 Å². The summed E-state index contributed by atoms with van der Waals surface area (Å²) in [6, 6.07) is 14.8. The molecule has 0 fully saturated rings. The number of fused-ring (bicyclic) bond motifs is 2. The van der Waals surface area contributed by atoms with Crippen LogP contribution < -0.4 is 19.3 Å². The number of nitrogens with zero attached hydrogens (tertiary/aromatic N) is 2. The Morgan fingerprint density at radius 1 is 1.10 bits per heavy atom. The van der Waals surface area contributed by atoms with Crippen LogP contribution in [0.3, 0.4) is 0 Å². The molecule has 0 spiro atoms. The van der Waals surface area contributed by atoms with Crippen LogP contribution in [0.1, 0.15) is 18.7 Å². The van der Waals surface area contributed by atoms with Crippen LogP contribution in [0, 0.1) is 0 Å². The summed E-state index contributed by atoms with van der Waals surface area (Å²) in [5, 5.41) is 20.0. The first-order valence-corrected chi connectivity index (χ1v) is 9.79. The highest BCUT2D eigenvalue weighted by molar-refractivity contribution is 5.72. The van der Waals surface area contributed by atoms with Gasteiger partial charge in [-0.2, -0.15) is 4.57 Å². The Morgan fingerprint density at radius 3 is 2.68 bits per heavy atom. The quantitative estimate of drug-likeness (QED) is 0.556. The van der Waals surface area contributed by atoms with Crippen molar-refractivity contribution in [3.63, 3.8) is 0 Å². The number of aliphatic carboxylic acids is 2. The van der Waals surface area contributed by atoms with E-state index in [1.807, 2.05) is 48.5 Å². The van der Waals surface area contributed by atoms with Crippen molar-refractivity contribution in [2.75, 3.05) is 11.4 Å². The molecule has 8 heteroatoms. The maximum atomic E-state index is 11.0. The third-order valence-corrected chi connectivity index (χ3v) is 4.84. The van der Waals surface area contributed by atoms with Gasteiger partial charge in [0.05, 0.1) is 18.2 Å². The number of carboxylic acid groups (broad SMARTS) is 2. The van der Waals surface area contributed by atoms with E-state index in [2.05, 4.69) is 0 Å². The molecular formula is C23H20N2O6. The normalized spacial score (nSPS) is 14.3.